The molecule has 0 amide bonds. The molecule has 0 radical (unpaired) electrons. The van der Waals surface area contributed by atoms with Crippen LogP contribution < -0.4 is 4.90 Å². The summed E-state index contributed by atoms with van der Waals surface area (Å²) in [6, 6.07) is 7.51. The number of anilines is 1. The van der Waals surface area contributed by atoms with Gasteiger partial charge in [0, 0.05) is 25.5 Å². The van der Waals surface area contributed by atoms with Crippen LogP contribution in [-0.4, -0.2) is 49.4 Å². The molecular weight excluding hydrogens is 306 g/mol. The van der Waals surface area contributed by atoms with Gasteiger partial charge in [0.2, 0.25) is 5.95 Å². The molecule has 126 valence electrons. The Hall–Kier alpha value is -2.47. The van der Waals surface area contributed by atoms with E-state index in [0.717, 1.165) is 56.2 Å². The van der Waals surface area contributed by atoms with Gasteiger partial charge in [0.05, 0.1) is 25.9 Å². The van der Waals surface area contributed by atoms with Crippen molar-refractivity contribution in [2.75, 3.05) is 38.3 Å². The van der Waals surface area contributed by atoms with Crippen LogP contribution in [0.2, 0.25) is 0 Å². The normalized spacial score (nSPS) is 14.5. The van der Waals surface area contributed by atoms with Crippen molar-refractivity contribution in [2.24, 2.45) is 0 Å². The summed E-state index contributed by atoms with van der Waals surface area (Å²) in [6.07, 6.45) is 5.41. The fourth-order valence-electron chi connectivity index (χ4n) is 2.66. The highest BCUT2D eigenvalue weighted by Crippen LogP contribution is 2.12. The standard InChI is InChI=1S/C18H21N3O3/c1-23-17(22)16-4-2-3-14(11-16)5-6-15-12-19-18(20-13-15)21-7-9-24-10-8-21/h2-4,11-13H,5-10H2,1H3. The molecule has 1 aromatic heterocycles. The number of hydrogen-bond donors (Lipinski definition) is 0. The molecule has 2 heterocycles. The lowest BCUT2D eigenvalue weighted by Crippen LogP contribution is -2.37. The van der Waals surface area contributed by atoms with Crippen molar-refractivity contribution in [1.82, 2.24) is 9.97 Å². The molecule has 24 heavy (non-hydrogen) atoms. The zero-order chi connectivity index (χ0) is 16.8. The average molecular weight is 327 g/mol. The van der Waals surface area contributed by atoms with E-state index in [-0.39, 0.29) is 5.97 Å². The summed E-state index contributed by atoms with van der Waals surface area (Å²) in [5, 5.41) is 0. The van der Waals surface area contributed by atoms with Crippen molar-refractivity contribution < 1.29 is 14.3 Å². The highest BCUT2D eigenvalue weighted by molar-refractivity contribution is 5.89. The van der Waals surface area contributed by atoms with E-state index in [0.29, 0.717) is 5.56 Å². The second-order valence-corrected chi connectivity index (χ2v) is 5.68. The van der Waals surface area contributed by atoms with Gasteiger partial charge < -0.3 is 14.4 Å². The summed E-state index contributed by atoms with van der Waals surface area (Å²) in [7, 11) is 1.39. The van der Waals surface area contributed by atoms with Crippen LogP contribution in [0.3, 0.4) is 0 Å². The fraction of sp³-hybridized carbons (Fsp3) is 0.389. The number of aryl methyl sites for hydroxylation is 2. The molecule has 6 nitrogen and oxygen atoms in total. The molecule has 3 rings (SSSR count). The number of aromatic nitrogens is 2. The monoisotopic (exact) mass is 327 g/mol. The third-order valence-electron chi connectivity index (χ3n) is 4.04. The van der Waals surface area contributed by atoms with Gasteiger partial charge in [-0.25, -0.2) is 14.8 Å². The zero-order valence-electron chi connectivity index (χ0n) is 13.8. The quantitative estimate of drug-likeness (QED) is 0.782. The molecule has 0 bridgehead atoms. The number of methoxy groups -OCH3 is 1. The maximum Gasteiger partial charge on any atom is 0.337 e. The van der Waals surface area contributed by atoms with Crippen molar-refractivity contribution in [3.05, 3.63) is 53.3 Å². The molecule has 1 aromatic carbocycles. The molecule has 1 aliphatic heterocycles. The van der Waals surface area contributed by atoms with E-state index in [4.69, 9.17) is 9.47 Å². The van der Waals surface area contributed by atoms with Crippen molar-refractivity contribution in [3.63, 3.8) is 0 Å². The third-order valence-corrected chi connectivity index (χ3v) is 4.04. The number of carbonyl (C=O) groups excluding carboxylic acids is 1. The molecule has 0 unspecified atom stereocenters. The SMILES string of the molecule is COC(=O)c1cccc(CCc2cnc(N3CCOCC3)nc2)c1. The van der Waals surface area contributed by atoms with Gasteiger partial charge >= 0.3 is 5.97 Å². The minimum absolute atomic E-state index is 0.310. The van der Waals surface area contributed by atoms with Gasteiger partial charge in [-0.2, -0.15) is 0 Å². The van der Waals surface area contributed by atoms with Gasteiger partial charge in [-0.1, -0.05) is 12.1 Å². The second-order valence-electron chi connectivity index (χ2n) is 5.68. The number of carbonyl (C=O) groups is 1. The molecule has 0 N–H and O–H groups in total. The number of benzene rings is 1. The van der Waals surface area contributed by atoms with E-state index < -0.39 is 0 Å². The van der Waals surface area contributed by atoms with Crippen LogP contribution in [-0.2, 0) is 22.3 Å². The van der Waals surface area contributed by atoms with E-state index in [2.05, 4.69) is 14.9 Å². The minimum Gasteiger partial charge on any atom is -0.465 e. The average Bonchev–Trinajstić information content (AvgIpc) is 2.67. The molecule has 1 saturated heterocycles. The lowest BCUT2D eigenvalue weighted by Gasteiger charge is -2.26. The highest BCUT2D eigenvalue weighted by Gasteiger charge is 2.13. The molecule has 0 aliphatic carbocycles. The van der Waals surface area contributed by atoms with Crippen LogP contribution >= 0.6 is 0 Å². The number of morpholine rings is 1. The van der Waals surface area contributed by atoms with Crippen molar-refractivity contribution in [2.45, 2.75) is 12.8 Å². The topological polar surface area (TPSA) is 64.5 Å². The van der Waals surface area contributed by atoms with Crippen LogP contribution in [0, 0.1) is 0 Å². The molecule has 1 aliphatic rings. The minimum atomic E-state index is -0.310. The summed E-state index contributed by atoms with van der Waals surface area (Å²) >= 11 is 0. The van der Waals surface area contributed by atoms with Crippen LogP contribution in [0.1, 0.15) is 21.5 Å². The van der Waals surface area contributed by atoms with Gasteiger partial charge in [0.25, 0.3) is 0 Å². The number of esters is 1. The third kappa shape index (κ3) is 4.08. The molecule has 2 aromatic rings. The molecule has 1 fully saturated rings. The van der Waals surface area contributed by atoms with E-state index in [1.165, 1.54) is 7.11 Å². The summed E-state index contributed by atoms with van der Waals surface area (Å²) in [5.41, 5.74) is 2.75. The Bertz CT molecular complexity index is 682. The highest BCUT2D eigenvalue weighted by atomic mass is 16.5. The van der Waals surface area contributed by atoms with Crippen molar-refractivity contribution in [3.8, 4) is 0 Å². The zero-order valence-corrected chi connectivity index (χ0v) is 13.8. The van der Waals surface area contributed by atoms with Gasteiger partial charge in [0.1, 0.15) is 0 Å². The van der Waals surface area contributed by atoms with Crippen LogP contribution in [0.25, 0.3) is 0 Å². The van der Waals surface area contributed by atoms with Crippen LogP contribution in [0.4, 0.5) is 5.95 Å². The number of rotatable bonds is 5. The molecular formula is C18H21N3O3. The van der Waals surface area contributed by atoms with Gasteiger partial charge in [-0.3, -0.25) is 0 Å². The predicted molar refractivity (Wildman–Crippen MR) is 90.3 cm³/mol. The largest absolute Gasteiger partial charge is 0.465 e. The number of hydrogen-bond acceptors (Lipinski definition) is 6. The van der Waals surface area contributed by atoms with Gasteiger partial charge in [-0.15, -0.1) is 0 Å². The first-order valence-electron chi connectivity index (χ1n) is 8.07. The van der Waals surface area contributed by atoms with E-state index >= 15 is 0 Å². The Labute approximate surface area is 141 Å². The van der Waals surface area contributed by atoms with Gasteiger partial charge in [0.15, 0.2) is 0 Å². The maximum absolute atomic E-state index is 11.6. The molecule has 0 saturated carbocycles. The summed E-state index contributed by atoms with van der Waals surface area (Å²) in [5.74, 6) is 0.449. The first-order chi connectivity index (χ1) is 11.8. The lowest BCUT2D eigenvalue weighted by atomic mass is 10.0. The lowest BCUT2D eigenvalue weighted by molar-refractivity contribution is 0.0600. The van der Waals surface area contributed by atoms with Crippen molar-refractivity contribution >= 4 is 11.9 Å². The summed E-state index contributed by atoms with van der Waals surface area (Å²) in [4.78, 5) is 22.6. The number of ether oxygens (including phenoxy) is 2. The van der Waals surface area contributed by atoms with Gasteiger partial charge in [-0.05, 0) is 36.1 Å². The Morgan fingerprint density at radius 3 is 2.58 bits per heavy atom. The van der Waals surface area contributed by atoms with E-state index in [9.17, 15) is 4.79 Å². The Balaban J connectivity index is 1.59. The Morgan fingerprint density at radius 2 is 1.88 bits per heavy atom. The first-order valence-corrected chi connectivity index (χ1v) is 8.07. The fourth-order valence-corrected chi connectivity index (χ4v) is 2.66. The van der Waals surface area contributed by atoms with Crippen LogP contribution in [0.5, 0.6) is 0 Å². The van der Waals surface area contributed by atoms with E-state index in [1.807, 2.05) is 30.6 Å². The summed E-state index contributed by atoms with van der Waals surface area (Å²) < 4.78 is 10.1. The smallest absolute Gasteiger partial charge is 0.337 e. The molecule has 0 atom stereocenters. The van der Waals surface area contributed by atoms with Crippen molar-refractivity contribution in [1.29, 1.82) is 0 Å². The van der Waals surface area contributed by atoms with Crippen LogP contribution in [0.15, 0.2) is 36.7 Å². The molecule has 6 heteroatoms. The second kappa shape index (κ2) is 7.88. The predicted octanol–water partition coefficient (Wildman–Crippen LogP) is 1.89. The molecule has 0 spiro atoms. The summed E-state index contributed by atoms with van der Waals surface area (Å²) in [6.45, 7) is 3.11. The maximum atomic E-state index is 11.6. The number of nitrogens with zero attached hydrogens (tertiary/aromatic N) is 3. The van der Waals surface area contributed by atoms with E-state index in [1.54, 1.807) is 6.07 Å². The Kier molecular flexibility index (Phi) is 5.38. The Morgan fingerprint density at radius 1 is 1.17 bits per heavy atom. The first kappa shape index (κ1) is 16.4.